The minimum atomic E-state index is -1.57. The van der Waals surface area contributed by atoms with Gasteiger partial charge >= 0.3 is 0 Å². The zero-order chi connectivity index (χ0) is 52.2. The van der Waals surface area contributed by atoms with Crippen molar-refractivity contribution in [1.82, 2.24) is 5.32 Å². The fourth-order valence-electron chi connectivity index (χ4n) is 10.0. The molecule has 0 aliphatic carbocycles. The van der Waals surface area contributed by atoms with Crippen LogP contribution in [0.4, 0.5) is 0 Å². The van der Waals surface area contributed by atoms with Gasteiger partial charge in [0.1, 0.15) is 24.4 Å². The predicted octanol–water partition coefficient (Wildman–Crippen LogP) is 15.9. The second-order valence-corrected chi connectivity index (χ2v) is 21.9. The molecule has 9 nitrogen and oxygen atoms in total. The lowest BCUT2D eigenvalue weighted by atomic mass is 9.99. The van der Waals surface area contributed by atoms with Gasteiger partial charge in [-0.25, -0.2) is 0 Å². The molecule has 9 heteroatoms. The van der Waals surface area contributed by atoms with Crippen LogP contribution < -0.4 is 5.32 Å². The van der Waals surface area contributed by atoms with Gasteiger partial charge in [0.2, 0.25) is 5.91 Å². The predicted molar refractivity (Wildman–Crippen MR) is 304 cm³/mol. The molecule has 1 heterocycles. The maximum atomic E-state index is 13.1. The van der Waals surface area contributed by atoms with E-state index in [0.29, 0.717) is 6.42 Å². The van der Waals surface area contributed by atoms with Crippen LogP contribution in [0.2, 0.25) is 0 Å². The molecular formula is C63H119NO8. The molecule has 0 aromatic carbocycles. The van der Waals surface area contributed by atoms with Gasteiger partial charge in [-0.1, -0.05) is 281 Å². The Morgan fingerprint density at radius 1 is 0.472 bits per heavy atom. The Balaban J connectivity index is 2.12. The highest BCUT2D eigenvalue weighted by atomic mass is 16.7. The van der Waals surface area contributed by atoms with E-state index in [1.165, 1.54) is 238 Å². The minimum Gasteiger partial charge on any atom is -0.394 e. The summed E-state index contributed by atoms with van der Waals surface area (Å²) in [5.74, 6) is -0.173. The molecule has 7 atom stereocenters. The topological polar surface area (TPSA) is 149 Å². The van der Waals surface area contributed by atoms with Gasteiger partial charge < -0.3 is 40.3 Å². The summed E-state index contributed by atoms with van der Waals surface area (Å²) in [6.45, 7) is 3.81. The van der Waals surface area contributed by atoms with Gasteiger partial charge in [-0.15, -0.1) is 0 Å². The lowest BCUT2D eigenvalue weighted by Gasteiger charge is -2.40. The number of aliphatic hydroxyl groups is 5. The van der Waals surface area contributed by atoms with Crippen LogP contribution in [0, 0.1) is 0 Å². The number of allylic oxidation sites excluding steroid dienone is 5. The number of ether oxygens (including phenoxy) is 2. The van der Waals surface area contributed by atoms with Crippen LogP contribution in [0.15, 0.2) is 36.5 Å². The maximum absolute atomic E-state index is 13.1. The zero-order valence-electron chi connectivity index (χ0n) is 47.2. The van der Waals surface area contributed by atoms with Crippen LogP contribution in [0.5, 0.6) is 0 Å². The van der Waals surface area contributed by atoms with E-state index in [9.17, 15) is 30.3 Å². The van der Waals surface area contributed by atoms with Gasteiger partial charge in [-0.2, -0.15) is 0 Å². The molecule has 0 spiro atoms. The molecule has 0 bridgehead atoms. The highest BCUT2D eigenvalue weighted by molar-refractivity contribution is 5.76. The van der Waals surface area contributed by atoms with Gasteiger partial charge in [0.15, 0.2) is 6.29 Å². The minimum absolute atomic E-state index is 0.173. The summed E-state index contributed by atoms with van der Waals surface area (Å²) >= 11 is 0. The summed E-state index contributed by atoms with van der Waals surface area (Å²) in [7, 11) is 0. The van der Waals surface area contributed by atoms with Crippen LogP contribution >= 0.6 is 0 Å². The number of carbonyl (C=O) groups is 1. The Hall–Kier alpha value is -1.59. The van der Waals surface area contributed by atoms with Crippen LogP contribution in [0.3, 0.4) is 0 Å². The molecule has 7 unspecified atom stereocenters. The Labute approximate surface area is 444 Å². The van der Waals surface area contributed by atoms with Crippen LogP contribution in [0.25, 0.3) is 0 Å². The van der Waals surface area contributed by atoms with E-state index in [2.05, 4.69) is 43.5 Å². The number of carbonyl (C=O) groups excluding carboxylic acids is 1. The summed E-state index contributed by atoms with van der Waals surface area (Å²) < 4.78 is 11.3. The van der Waals surface area contributed by atoms with Gasteiger partial charge in [-0.3, -0.25) is 4.79 Å². The van der Waals surface area contributed by atoms with E-state index in [1.54, 1.807) is 6.08 Å². The largest absolute Gasteiger partial charge is 0.394 e. The monoisotopic (exact) mass is 1020 g/mol. The number of rotatable bonds is 54. The third-order valence-corrected chi connectivity index (χ3v) is 15.0. The Morgan fingerprint density at radius 3 is 1.19 bits per heavy atom. The van der Waals surface area contributed by atoms with Gasteiger partial charge in [0.05, 0.1) is 25.4 Å². The highest BCUT2D eigenvalue weighted by Gasteiger charge is 2.44. The first-order valence-corrected chi connectivity index (χ1v) is 31.2. The summed E-state index contributed by atoms with van der Waals surface area (Å²) in [6, 6.07) is -0.804. The zero-order valence-corrected chi connectivity index (χ0v) is 47.2. The second kappa shape index (κ2) is 52.8. The van der Waals surface area contributed by atoms with E-state index in [-0.39, 0.29) is 12.5 Å². The van der Waals surface area contributed by atoms with Crippen LogP contribution in [0.1, 0.15) is 303 Å². The fourth-order valence-corrected chi connectivity index (χ4v) is 10.0. The van der Waals surface area contributed by atoms with Crippen molar-refractivity contribution in [3.8, 4) is 0 Å². The van der Waals surface area contributed by atoms with E-state index >= 15 is 0 Å². The Morgan fingerprint density at radius 2 is 0.819 bits per heavy atom. The van der Waals surface area contributed by atoms with Crippen molar-refractivity contribution >= 4 is 5.91 Å². The molecule has 72 heavy (non-hydrogen) atoms. The van der Waals surface area contributed by atoms with Crippen molar-refractivity contribution in [2.75, 3.05) is 13.2 Å². The fraction of sp³-hybridized carbons (Fsp3) is 0.889. The molecule has 1 rings (SSSR count). The van der Waals surface area contributed by atoms with Crippen molar-refractivity contribution in [2.24, 2.45) is 0 Å². The van der Waals surface area contributed by atoms with Crippen LogP contribution in [-0.4, -0.2) is 87.5 Å². The van der Waals surface area contributed by atoms with Crippen LogP contribution in [-0.2, 0) is 14.3 Å². The molecule has 1 saturated heterocycles. The molecule has 424 valence electrons. The van der Waals surface area contributed by atoms with Crippen molar-refractivity contribution < 1.29 is 39.8 Å². The SMILES string of the molecule is CCCCCCCCCCC/C=C\C/C=C\CCCCCCCCCCCCCCCCCCCC(=O)NC(COC1OC(CO)C(O)C(O)C1O)C(O)/C=C/CCCCCCCCCCCCCCCC. The molecule has 1 amide bonds. The quantitative estimate of drug-likeness (QED) is 0.0261. The molecule has 6 N–H and O–H groups in total. The smallest absolute Gasteiger partial charge is 0.220 e. The van der Waals surface area contributed by atoms with Crippen molar-refractivity contribution in [2.45, 2.75) is 346 Å². The third-order valence-electron chi connectivity index (χ3n) is 15.0. The Kier molecular flexibility index (Phi) is 50.2. The number of amides is 1. The van der Waals surface area contributed by atoms with E-state index < -0.39 is 49.5 Å². The molecule has 0 radical (unpaired) electrons. The third kappa shape index (κ3) is 41.6. The molecule has 1 aliphatic rings. The first-order chi connectivity index (χ1) is 35.3. The molecule has 0 aromatic heterocycles. The molecular weight excluding hydrogens is 899 g/mol. The number of hydrogen-bond donors (Lipinski definition) is 6. The lowest BCUT2D eigenvalue weighted by Crippen LogP contribution is -2.60. The van der Waals surface area contributed by atoms with E-state index in [4.69, 9.17) is 9.47 Å². The molecule has 0 saturated carbocycles. The Bertz CT molecular complexity index is 1230. The molecule has 1 fully saturated rings. The average Bonchev–Trinajstić information content (AvgIpc) is 3.38. The summed E-state index contributed by atoms with van der Waals surface area (Å²) in [5.41, 5.74) is 0. The van der Waals surface area contributed by atoms with Crippen molar-refractivity contribution in [3.05, 3.63) is 36.5 Å². The number of aliphatic hydroxyl groups excluding tert-OH is 5. The standard InChI is InChI=1S/C63H119NO8/c1-3-5-7-9-11-13-15-17-19-21-22-23-24-25-26-27-28-29-30-31-32-33-34-35-36-37-39-41-43-45-47-49-51-53-59(67)64-56(55-71-63-62(70)61(69)60(68)58(54-65)72-63)57(66)52-50-48-46-44-42-40-38-20-18-16-14-12-10-8-6-4-2/h22-23,25-26,50,52,56-58,60-63,65-66,68-70H,3-21,24,27-49,51,53-55H2,1-2H3,(H,64,67)/b23-22-,26-25-,52-50+. The van der Waals surface area contributed by atoms with Gasteiger partial charge in [-0.05, 0) is 51.4 Å². The van der Waals surface area contributed by atoms with Gasteiger partial charge in [0, 0.05) is 6.42 Å². The molecule has 0 aromatic rings. The molecule has 1 aliphatic heterocycles. The number of nitrogens with one attached hydrogen (secondary N) is 1. The highest BCUT2D eigenvalue weighted by Crippen LogP contribution is 2.23. The summed E-state index contributed by atoms with van der Waals surface area (Å²) in [5, 5.41) is 54.5. The van der Waals surface area contributed by atoms with E-state index in [0.717, 1.165) is 44.9 Å². The lowest BCUT2D eigenvalue weighted by molar-refractivity contribution is -0.302. The average molecular weight is 1020 g/mol. The van der Waals surface area contributed by atoms with Crippen molar-refractivity contribution in [3.63, 3.8) is 0 Å². The van der Waals surface area contributed by atoms with Crippen molar-refractivity contribution in [1.29, 1.82) is 0 Å². The first-order valence-electron chi connectivity index (χ1n) is 31.2. The number of hydrogen-bond acceptors (Lipinski definition) is 8. The summed E-state index contributed by atoms with van der Waals surface area (Å²) in [6.07, 6.45) is 62.3. The summed E-state index contributed by atoms with van der Waals surface area (Å²) in [4.78, 5) is 13.1. The second-order valence-electron chi connectivity index (χ2n) is 21.9. The first kappa shape index (κ1) is 68.4. The van der Waals surface area contributed by atoms with Gasteiger partial charge in [0.25, 0.3) is 0 Å². The maximum Gasteiger partial charge on any atom is 0.220 e. The normalized spacial score (nSPS) is 19.3. The number of unbranched alkanes of at least 4 members (excludes halogenated alkanes) is 40. The van der Waals surface area contributed by atoms with E-state index in [1.807, 2.05) is 6.08 Å².